The maximum Gasteiger partial charge on any atom is 0.129 e. The summed E-state index contributed by atoms with van der Waals surface area (Å²) in [4.78, 5) is 8.08. The Morgan fingerprint density at radius 1 is 1.44 bits per heavy atom. The van der Waals surface area contributed by atoms with Gasteiger partial charge in [0.1, 0.15) is 5.82 Å². The summed E-state index contributed by atoms with van der Waals surface area (Å²) in [6.45, 7) is 7.28. The Morgan fingerprint density at radius 2 is 2.22 bits per heavy atom. The third kappa shape index (κ3) is 2.82. The number of anilines is 2. The molecule has 2 rings (SSSR count). The van der Waals surface area contributed by atoms with E-state index in [2.05, 4.69) is 47.3 Å². The lowest BCUT2D eigenvalue weighted by Gasteiger charge is -2.27. The Bertz CT molecular complexity index is 506. The fourth-order valence-corrected chi connectivity index (χ4v) is 2.51. The molecule has 0 bridgehead atoms. The van der Waals surface area contributed by atoms with Crippen molar-refractivity contribution < 1.29 is 0 Å². The molecule has 0 amide bonds. The van der Waals surface area contributed by atoms with Crippen molar-refractivity contribution >= 4 is 22.8 Å². The second-order valence-electron chi connectivity index (χ2n) is 4.70. The zero-order valence-electron chi connectivity index (χ0n) is 11.1. The summed E-state index contributed by atoms with van der Waals surface area (Å²) in [7, 11) is 0. The Balaban J connectivity index is 2.26. The second-order valence-corrected chi connectivity index (χ2v) is 5.73. The molecule has 18 heavy (non-hydrogen) atoms. The first-order chi connectivity index (χ1) is 8.58. The molecule has 0 unspecified atom stereocenters. The zero-order valence-corrected chi connectivity index (χ0v) is 11.9. The fraction of sp³-hybridized carbons (Fsp3) is 0.357. The number of nitrogens with zero attached hydrogens (tertiary/aromatic N) is 2. The van der Waals surface area contributed by atoms with Gasteiger partial charge in [-0.05, 0) is 43.8 Å². The molecule has 3 nitrogen and oxygen atoms in total. The molecule has 0 atom stereocenters. The zero-order chi connectivity index (χ0) is 13.1. The average Bonchev–Trinajstić information content (AvgIpc) is 2.82. The summed E-state index contributed by atoms with van der Waals surface area (Å²) in [6, 6.07) is 6.70. The highest BCUT2D eigenvalue weighted by molar-refractivity contribution is 7.09. The van der Waals surface area contributed by atoms with Gasteiger partial charge >= 0.3 is 0 Å². The van der Waals surface area contributed by atoms with Gasteiger partial charge in [0, 0.05) is 10.9 Å². The third-order valence-corrected chi connectivity index (χ3v) is 3.82. The molecule has 0 aliphatic heterocycles. The molecule has 2 heterocycles. The highest BCUT2D eigenvalue weighted by Crippen LogP contribution is 2.22. The Kier molecular flexibility index (Phi) is 3.87. The normalized spacial score (nSPS) is 10.9. The van der Waals surface area contributed by atoms with Gasteiger partial charge < -0.3 is 10.6 Å². The van der Waals surface area contributed by atoms with Crippen LogP contribution in [0.5, 0.6) is 0 Å². The van der Waals surface area contributed by atoms with E-state index in [0.29, 0.717) is 6.04 Å². The van der Waals surface area contributed by atoms with Crippen LogP contribution in [0.25, 0.3) is 0 Å². The molecule has 0 saturated heterocycles. The van der Waals surface area contributed by atoms with Crippen molar-refractivity contribution in [2.75, 3.05) is 10.6 Å². The van der Waals surface area contributed by atoms with Crippen molar-refractivity contribution in [2.24, 2.45) is 0 Å². The molecule has 2 aromatic rings. The van der Waals surface area contributed by atoms with Gasteiger partial charge in [-0.25, -0.2) is 4.98 Å². The lowest BCUT2D eigenvalue weighted by molar-refractivity contribution is 0.677. The van der Waals surface area contributed by atoms with Crippen LogP contribution in [-0.4, -0.2) is 11.0 Å². The first kappa shape index (κ1) is 12.9. The summed E-state index contributed by atoms with van der Waals surface area (Å²) >= 11 is 1.78. The quantitative estimate of drug-likeness (QED) is 0.916. The van der Waals surface area contributed by atoms with Gasteiger partial charge in [0.2, 0.25) is 0 Å². The van der Waals surface area contributed by atoms with Crippen molar-refractivity contribution in [1.29, 1.82) is 0 Å². The summed E-state index contributed by atoms with van der Waals surface area (Å²) in [5, 5.41) is 2.11. The van der Waals surface area contributed by atoms with E-state index < -0.39 is 0 Å². The van der Waals surface area contributed by atoms with E-state index in [1.807, 2.05) is 6.92 Å². The highest BCUT2D eigenvalue weighted by Gasteiger charge is 2.13. The van der Waals surface area contributed by atoms with Gasteiger partial charge in [0.15, 0.2) is 0 Å². The molecule has 4 heteroatoms. The van der Waals surface area contributed by atoms with Gasteiger partial charge in [0.05, 0.1) is 18.4 Å². The minimum atomic E-state index is 0.405. The Morgan fingerprint density at radius 3 is 2.78 bits per heavy atom. The van der Waals surface area contributed by atoms with Crippen LogP contribution in [-0.2, 0) is 6.54 Å². The molecule has 0 radical (unpaired) electrons. The van der Waals surface area contributed by atoms with Crippen molar-refractivity contribution in [3.63, 3.8) is 0 Å². The number of hydrogen-bond acceptors (Lipinski definition) is 4. The predicted molar refractivity (Wildman–Crippen MR) is 79.0 cm³/mol. The van der Waals surface area contributed by atoms with Crippen molar-refractivity contribution in [3.05, 3.63) is 40.2 Å². The molecule has 0 spiro atoms. The molecule has 0 fully saturated rings. The molecule has 96 valence electrons. The lowest BCUT2D eigenvalue weighted by Crippen LogP contribution is -2.30. The molecular formula is C14H19N3S. The Labute approximate surface area is 112 Å². The molecule has 0 aromatic carbocycles. The maximum absolute atomic E-state index is 5.82. The van der Waals surface area contributed by atoms with Gasteiger partial charge in [-0.3, -0.25) is 0 Å². The van der Waals surface area contributed by atoms with Crippen molar-refractivity contribution in [3.8, 4) is 0 Å². The molecule has 0 aliphatic carbocycles. The summed E-state index contributed by atoms with van der Waals surface area (Å²) in [5.74, 6) is 0.991. The number of nitrogen functional groups attached to an aromatic ring is 1. The average molecular weight is 261 g/mol. The number of nitrogens with two attached hydrogens (primary N) is 1. The van der Waals surface area contributed by atoms with E-state index in [0.717, 1.165) is 23.6 Å². The number of pyridine rings is 1. The van der Waals surface area contributed by atoms with Crippen molar-refractivity contribution in [2.45, 2.75) is 33.4 Å². The highest BCUT2D eigenvalue weighted by atomic mass is 32.1. The smallest absolute Gasteiger partial charge is 0.129 e. The summed E-state index contributed by atoms with van der Waals surface area (Å²) in [6.07, 6.45) is 1.74. The largest absolute Gasteiger partial charge is 0.397 e. The van der Waals surface area contributed by atoms with E-state index in [-0.39, 0.29) is 0 Å². The first-order valence-corrected chi connectivity index (χ1v) is 6.97. The maximum atomic E-state index is 5.82. The van der Waals surface area contributed by atoms with E-state index in [1.165, 1.54) is 4.88 Å². The van der Waals surface area contributed by atoms with Gasteiger partial charge in [-0.2, -0.15) is 0 Å². The topological polar surface area (TPSA) is 42.2 Å². The van der Waals surface area contributed by atoms with Crippen LogP contribution in [0.2, 0.25) is 0 Å². The van der Waals surface area contributed by atoms with Crippen LogP contribution in [0.15, 0.2) is 29.8 Å². The van der Waals surface area contributed by atoms with Crippen LogP contribution in [0.3, 0.4) is 0 Å². The van der Waals surface area contributed by atoms with E-state index in [1.54, 1.807) is 17.5 Å². The number of rotatable bonds is 4. The number of thiophene rings is 1. The molecular weight excluding hydrogens is 242 g/mol. The minimum Gasteiger partial charge on any atom is -0.397 e. The van der Waals surface area contributed by atoms with E-state index in [9.17, 15) is 0 Å². The number of aromatic nitrogens is 1. The van der Waals surface area contributed by atoms with Crippen molar-refractivity contribution in [1.82, 2.24) is 4.98 Å². The monoisotopic (exact) mass is 261 g/mol. The molecule has 2 aromatic heterocycles. The molecule has 2 N–H and O–H groups in total. The summed E-state index contributed by atoms with van der Waals surface area (Å²) < 4.78 is 0. The summed E-state index contributed by atoms with van der Waals surface area (Å²) in [5.41, 5.74) is 7.65. The fourth-order valence-electron chi connectivity index (χ4n) is 1.81. The predicted octanol–water partition coefficient (Wildman–Crippen LogP) is 3.45. The standard InChI is InChI=1S/C14H19N3S/c1-10(2)17(9-12-5-4-6-18-12)14-7-11(3)13(15)8-16-14/h4-8,10H,9,15H2,1-3H3. The van der Waals surface area contributed by atoms with Gasteiger partial charge in [-0.15, -0.1) is 11.3 Å². The number of aryl methyl sites for hydroxylation is 1. The van der Waals surface area contributed by atoms with Crippen LogP contribution in [0.4, 0.5) is 11.5 Å². The first-order valence-electron chi connectivity index (χ1n) is 6.09. The van der Waals surface area contributed by atoms with Crippen LogP contribution >= 0.6 is 11.3 Å². The van der Waals surface area contributed by atoms with E-state index >= 15 is 0 Å². The van der Waals surface area contributed by atoms with Crippen LogP contribution < -0.4 is 10.6 Å². The van der Waals surface area contributed by atoms with E-state index in [4.69, 9.17) is 5.73 Å². The van der Waals surface area contributed by atoms with Crippen LogP contribution in [0, 0.1) is 6.92 Å². The van der Waals surface area contributed by atoms with Gasteiger partial charge in [0.25, 0.3) is 0 Å². The molecule has 0 saturated carbocycles. The molecule has 0 aliphatic rings. The van der Waals surface area contributed by atoms with Crippen LogP contribution in [0.1, 0.15) is 24.3 Å². The lowest BCUT2D eigenvalue weighted by atomic mass is 10.2. The van der Waals surface area contributed by atoms with Gasteiger partial charge in [-0.1, -0.05) is 6.07 Å². The Hall–Kier alpha value is -1.55. The SMILES string of the molecule is Cc1cc(N(Cc2cccs2)C(C)C)ncc1N. The minimum absolute atomic E-state index is 0.405. The second kappa shape index (κ2) is 5.40. The number of hydrogen-bond donors (Lipinski definition) is 1. The third-order valence-electron chi connectivity index (χ3n) is 2.96.